The molecule has 0 atom stereocenters. The van der Waals surface area contributed by atoms with Crippen molar-refractivity contribution in [1.82, 2.24) is 0 Å². The zero-order chi connectivity index (χ0) is 45.9. The first-order valence-corrected chi connectivity index (χ1v) is 23.6. The van der Waals surface area contributed by atoms with Gasteiger partial charge in [0, 0.05) is 76.6 Å². The van der Waals surface area contributed by atoms with E-state index in [1.807, 2.05) is 48.5 Å². The second kappa shape index (κ2) is 18.8. The van der Waals surface area contributed by atoms with Gasteiger partial charge in [-0.3, -0.25) is 0 Å². The minimum absolute atomic E-state index is 0.104. The largest absolute Gasteiger partial charge is 0.473 e. The second-order valence-corrected chi connectivity index (χ2v) is 18.5. The van der Waals surface area contributed by atoms with Crippen LogP contribution in [0.4, 0.5) is 22.7 Å². The highest BCUT2D eigenvalue weighted by atomic mass is 16.5. The molecule has 8 aromatic rings. The molecule has 340 valence electrons. The van der Waals surface area contributed by atoms with Crippen LogP contribution in [0, 0.1) is 0 Å². The van der Waals surface area contributed by atoms with Crippen LogP contribution in [0.2, 0.25) is 0 Å². The first kappa shape index (κ1) is 42.8. The van der Waals surface area contributed by atoms with Gasteiger partial charge in [-0.25, -0.2) is 0 Å². The smallest absolute Gasteiger partial charge is 0.161 e. The number of para-hydroxylation sites is 4. The van der Waals surface area contributed by atoms with Crippen LogP contribution < -0.4 is 38.5 Å². The van der Waals surface area contributed by atoms with E-state index in [1.54, 1.807) is 0 Å². The summed E-state index contributed by atoms with van der Waals surface area (Å²) in [5.41, 5.74) is 14.8. The predicted molar refractivity (Wildman–Crippen MR) is 273 cm³/mol. The van der Waals surface area contributed by atoms with Gasteiger partial charge in [-0.15, -0.1) is 0 Å². The predicted octanol–water partition coefficient (Wildman–Crippen LogP) is 12.7. The van der Waals surface area contributed by atoms with E-state index in [2.05, 4.69) is 179 Å². The fourth-order valence-electron chi connectivity index (χ4n) is 9.59. The lowest BCUT2D eigenvalue weighted by Gasteiger charge is -2.32. The van der Waals surface area contributed by atoms with Crippen LogP contribution in [-0.2, 0) is 38.0 Å². The van der Waals surface area contributed by atoms with Crippen LogP contribution in [-0.4, -0.2) is 26.9 Å². The van der Waals surface area contributed by atoms with Gasteiger partial charge >= 0.3 is 0 Å². The van der Waals surface area contributed by atoms with Crippen LogP contribution in [0.5, 0.6) is 23.0 Å². The summed E-state index contributed by atoms with van der Waals surface area (Å²) in [4.78, 5) is 9.07. The summed E-state index contributed by atoms with van der Waals surface area (Å²) >= 11 is 0. The molecule has 0 N–H and O–H groups in total. The summed E-state index contributed by atoms with van der Waals surface area (Å²) in [6.07, 6.45) is 0.916. The Balaban J connectivity index is 0.000000149. The molecule has 0 fully saturated rings. The molecule has 0 unspecified atom stereocenters. The number of rotatable bonds is 8. The van der Waals surface area contributed by atoms with Crippen molar-refractivity contribution in [2.75, 3.05) is 46.5 Å². The molecule has 0 aliphatic carbocycles. The molecule has 0 bridgehead atoms. The number of benzene rings is 8. The van der Waals surface area contributed by atoms with Crippen molar-refractivity contribution in [3.63, 3.8) is 0 Å². The Kier molecular flexibility index (Phi) is 11.8. The second-order valence-electron chi connectivity index (χ2n) is 18.5. The molecule has 4 aliphatic heterocycles. The van der Waals surface area contributed by atoms with Gasteiger partial charge in [0.15, 0.2) is 26.9 Å². The number of hydrogen-bond acceptors (Lipinski definition) is 8. The Hall–Kier alpha value is -7.84. The lowest BCUT2D eigenvalue weighted by atomic mass is 9.78. The van der Waals surface area contributed by atoms with Gasteiger partial charge in [-0.05, 0) is 101 Å². The van der Waals surface area contributed by atoms with Gasteiger partial charge in [-0.2, -0.15) is 0 Å². The summed E-state index contributed by atoms with van der Waals surface area (Å²) in [7, 11) is 0. The number of ether oxygens (including phenoxy) is 4. The monoisotopic (exact) mass is 896 g/mol. The Labute approximate surface area is 400 Å². The van der Waals surface area contributed by atoms with Crippen LogP contribution >= 0.6 is 0 Å². The maximum atomic E-state index is 5.95. The molecule has 0 spiro atoms. The van der Waals surface area contributed by atoms with E-state index < -0.39 is 0 Å². The van der Waals surface area contributed by atoms with Gasteiger partial charge < -0.3 is 38.5 Å². The van der Waals surface area contributed by atoms with Gasteiger partial charge in [0.25, 0.3) is 0 Å². The lowest BCUT2D eigenvalue weighted by Crippen LogP contribution is -2.32. The van der Waals surface area contributed by atoms with Crippen LogP contribution in [0.1, 0.15) is 58.4 Å². The van der Waals surface area contributed by atoms with E-state index in [-0.39, 0.29) is 5.41 Å². The Morgan fingerprint density at radius 3 is 0.853 bits per heavy atom. The summed E-state index contributed by atoms with van der Waals surface area (Å²) in [6.45, 7) is 10.4. The summed E-state index contributed by atoms with van der Waals surface area (Å²) in [5.74, 6) is 3.97. The van der Waals surface area contributed by atoms with Crippen LogP contribution in [0.3, 0.4) is 0 Å². The molecule has 4 heterocycles. The molecule has 8 nitrogen and oxygen atoms in total. The van der Waals surface area contributed by atoms with Crippen molar-refractivity contribution in [2.24, 2.45) is 0 Å². The van der Waals surface area contributed by atoms with Gasteiger partial charge in [-0.1, -0.05) is 135 Å². The Morgan fingerprint density at radius 2 is 0.574 bits per heavy atom. The molecular weight excluding hydrogens is 841 g/mol. The zero-order valence-electron chi connectivity index (χ0n) is 38.8. The molecule has 12 rings (SSSR count). The molecule has 0 amide bonds. The molecule has 0 radical (unpaired) electrons. The van der Waals surface area contributed by atoms with Gasteiger partial charge in [0.1, 0.15) is 23.0 Å². The highest BCUT2D eigenvalue weighted by Crippen LogP contribution is 2.37. The summed E-state index contributed by atoms with van der Waals surface area (Å²) < 4.78 is 23.7. The summed E-state index contributed by atoms with van der Waals surface area (Å²) in [6, 6.07) is 68.6. The molecule has 0 aromatic heterocycles. The van der Waals surface area contributed by atoms with Crippen molar-refractivity contribution in [2.45, 2.75) is 51.9 Å². The molecule has 68 heavy (non-hydrogen) atoms. The molecule has 8 heteroatoms. The van der Waals surface area contributed by atoms with E-state index in [9.17, 15) is 0 Å². The van der Waals surface area contributed by atoms with Gasteiger partial charge in [0.05, 0.1) is 0 Å². The first-order chi connectivity index (χ1) is 33.4. The fourth-order valence-corrected chi connectivity index (χ4v) is 9.59. The van der Waals surface area contributed by atoms with Gasteiger partial charge in [0.2, 0.25) is 0 Å². The SMILES string of the molecule is CC(C)(c1ccc(N2COc3ccccc3C2)cc1)c1ccc(N2COc3ccccc3C2)cc1.c1ccc2c(c1)CN(c1ccc(Cc3ccc(N4COc5ccccc5C4)cc3)cc1)CO2. The number of fused-ring (bicyclic) bond motifs is 4. The molecule has 4 aliphatic rings. The topological polar surface area (TPSA) is 49.9 Å². The fraction of sp³-hybridized carbons (Fsp3) is 0.200. The standard InChI is InChI=1S/C31H30N2O2.C29H26N2O2/c1-31(2,25-11-15-27(16-12-25)32-19-23-7-3-5-9-29(23)34-21-32)26-13-17-28(18-14-26)33-20-24-8-4-6-10-30(24)35-22-33;1-3-7-28-24(5-1)18-30(20-32-28)26-13-9-22(10-14-26)17-23-11-15-27(16-12-23)31-19-25-6-2-4-8-29(25)33-21-31/h3-18H,19-22H2,1-2H3;1-16H,17-21H2. The van der Waals surface area contributed by atoms with E-state index in [1.165, 1.54) is 67.3 Å². The van der Waals surface area contributed by atoms with E-state index in [0.717, 1.165) is 55.6 Å². The normalized spacial score (nSPS) is 14.9. The number of hydrogen-bond donors (Lipinski definition) is 0. The van der Waals surface area contributed by atoms with Crippen LogP contribution in [0.15, 0.2) is 194 Å². The van der Waals surface area contributed by atoms with Crippen molar-refractivity contribution < 1.29 is 18.9 Å². The highest BCUT2D eigenvalue weighted by molar-refractivity contribution is 5.57. The lowest BCUT2D eigenvalue weighted by molar-refractivity contribution is 0.289. The third kappa shape index (κ3) is 9.14. The number of anilines is 4. The number of nitrogens with zero attached hydrogens (tertiary/aromatic N) is 4. The van der Waals surface area contributed by atoms with E-state index in [0.29, 0.717) is 26.9 Å². The van der Waals surface area contributed by atoms with E-state index >= 15 is 0 Å². The van der Waals surface area contributed by atoms with Crippen molar-refractivity contribution in [3.05, 3.63) is 239 Å². The minimum Gasteiger partial charge on any atom is -0.473 e. The van der Waals surface area contributed by atoms with Crippen LogP contribution in [0.25, 0.3) is 0 Å². The average molecular weight is 897 g/mol. The Bertz CT molecular complexity index is 2790. The third-order valence-corrected chi connectivity index (χ3v) is 13.8. The maximum Gasteiger partial charge on any atom is 0.161 e. The molecule has 0 saturated carbocycles. The third-order valence-electron chi connectivity index (χ3n) is 13.8. The summed E-state index contributed by atoms with van der Waals surface area (Å²) in [5, 5.41) is 0. The van der Waals surface area contributed by atoms with Crippen molar-refractivity contribution >= 4 is 22.7 Å². The average Bonchev–Trinajstić information content (AvgIpc) is 3.41. The minimum atomic E-state index is -0.104. The van der Waals surface area contributed by atoms with Crippen molar-refractivity contribution in [3.8, 4) is 23.0 Å². The Morgan fingerprint density at radius 1 is 0.324 bits per heavy atom. The first-order valence-electron chi connectivity index (χ1n) is 23.6. The van der Waals surface area contributed by atoms with E-state index in [4.69, 9.17) is 18.9 Å². The zero-order valence-corrected chi connectivity index (χ0v) is 38.8. The molecule has 8 aromatic carbocycles. The quantitative estimate of drug-likeness (QED) is 0.150. The maximum absolute atomic E-state index is 5.95. The molecular formula is C60H56N4O4. The molecule has 0 saturated heterocycles. The highest BCUT2D eigenvalue weighted by Gasteiger charge is 2.26. The van der Waals surface area contributed by atoms with Crippen molar-refractivity contribution in [1.29, 1.82) is 0 Å².